The van der Waals surface area contributed by atoms with Crippen LogP contribution >= 0.6 is 0 Å². The number of nitrogens with zero attached hydrogens (tertiary/aromatic N) is 6. The van der Waals surface area contributed by atoms with E-state index in [9.17, 15) is 0 Å². The van der Waals surface area contributed by atoms with Gasteiger partial charge in [-0.2, -0.15) is 20.2 Å². The van der Waals surface area contributed by atoms with Crippen molar-refractivity contribution in [3.63, 3.8) is 0 Å². The van der Waals surface area contributed by atoms with Gasteiger partial charge in [0.25, 0.3) is 0 Å². The van der Waals surface area contributed by atoms with Crippen LogP contribution in [0, 0.1) is 17.2 Å². The van der Waals surface area contributed by atoms with Crippen molar-refractivity contribution in [3.05, 3.63) is 0 Å². The maximum Gasteiger partial charge on any atom is 0.231 e. The van der Waals surface area contributed by atoms with Crippen molar-refractivity contribution in [1.29, 1.82) is 5.26 Å². The summed E-state index contributed by atoms with van der Waals surface area (Å²) in [6.07, 6.45) is 1.000. The molecule has 1 heterocycles. The molecule has 1 atom stereocenters. The second-order valence-corrected chi connectivity index (χ2v) is 4.99. The van der Waals surface area contributed by atoms with E-state index in [-0.39, 0.29) is 5.92 Å². The fourth-order valence-corrected chi connectivity index (χ4v) is 1.57. The number of hydrogen-bond donors (Lipinski definition) is 1. The quantitative estimate of drug-likeness (QED) is 0.805. The number of rotatable bonds is 7. The Morgan fingerprint density at radius 3 is 2.40 bits per heavy atom. The zero-order valence-electron chi connectivity index (χ0n) is 12.9. The van der Waals surface area contributed by atoms with E-state index in [2.05, 4.69) is 33.3 Å². The standard InChI is InChI=1S/C13H23N7/c1-6-7-15-11-16-12(19(3)4)18-13(17-11)20(5)9-10(2)8-14/h10H,6-7,9H2,1-5H3,(H,15,16,17,18). The summed E-state index contributed by atoms with van der Waals surface area (Å²) >= 11 is 0. The lowest BCUT2D eigenvalue weighted by Crippen LogP contribution is -2.27. The van der Waals surface area contributed by atoms with Crippen molar-refractivity contribution in [3.8, 4) is 6.07 Å². The molecule has 0 aliphatic carbocycles. The van der Waals surface area contributed by atoms with E-state index < -0.39 is 0 Å². The fraction of sp³-hybridized carbons (Fsp3) is 0.692. The molecule has 1 aromatic heterocycles. The first-order chi connectivity index (χ1) is 9.47. The Kier molecular flexibility index (Phi) is 5.97. The van der Waals surface area contributed by atoms with Crippen molar-refractivity contribution < 1.29 is 0 Å². The predicted octanol–water partition coefficient (Wildman–Crippen LogP) is 1.36. The molecule has 1 unspecified atom stereocenters. The minimum Gasteiger partial charge on any atom is -0.354 e. The Labute approximate surface area is 120 Å². The van der Waals surface area contributed by atoms with E-state index in [1.807, 2.05) is 37.9 Å². The zero-order chi connectivity index (χ0) is 15.1. The van der Waals surface area contributed by atoms with Gasteiger partial charge in [-0.3, -0.25) is 0 Å². The summed E-state index contributed by atoms with van der Waals surface area (Å²) in [4.78, 5) is 16.9. The number of hydrogen-bond acceptors (Lipinski definition) is 7. The monoisotopic (exact) mass is 277 g/mol. The zero-order valence-corrected chi connectivity index (χ0v) is 12.9. The topological polar surface area (TPSA) is 81.0 Å². The lowest BCUT2D eigenvalue weighted by Gasteiger charge is -2.20. The van der Waals surface area contributed by atoms with Gasteiger partial charge in [0.15, 0.2) is 0 Å². The Balaban J connectivity index is 2.99. The van der Waals surface area contributed by atoms with Crippen molar-refractivity contribution in [2.75, 3.05) is 49.3 Å². The molecule has 0 spiro atoms. The van der Waals surface area contributed by atoms with E-state index in [0.29, 0.717) is 24.4 Å². The van der Waals surface area contributed by atoms with Crippen LogP contribution in [0.25, 0.3) is 0 Å². The summed E-state index contributed by atoms with van der Waals surface area (Å²) in [5, 5.41) is 12.1. The molecule has 0 bridgehead atoms. The van der Waals surface area contributed by atoms with Crippen LogP contribution in [0.4, 0.5) is 17.8 Å². The molecule has 0 amide bonds. The van der Waals surface area contributed by atoms with Crippen molar-refractivity contribution in [1.82, 2.24) is 15.0 Å². The first kappa shape index (κ1) is 16.0. The minimum absolute atomic E-state index is 0.0772. The van der Waals surface area contributed by atoms with Crippen LogP contribution < -0.4 is 15.1 Å². The van der Waals surface area contributed by atoms with Crippen LogP contribution in [0.1, 0.15) is 20.3 Å². The van der Waals surface area contributed by atoms with Gasteiger partial charge in [0, 0.05) is 34.2 Å². The van der Waals surface area contributed by atoms with Gasteiger partial charge in [-0.25, -0.2) is 0 Å². The van der Waals surface area contributed by atoms with Crippen molar-refractivity contribution in [2.24, 2.45) is 5.92 Å². The van der Waals surface area contributed by atoms with Crippen LogP contribution in [-0.4, -0.2) is 49.2 Å². The SMILES string of the molecule is CCCNc1nc(N(C)C)nc(N(C)CC(C)C#N)n1. The molecule has 1 aromatic rings. The summed E-state index contributed by atoms with van der Waals surface area (Å²) in [5.41, 5.74) is 0. The normalized spacial score (nSPS) is 11.6. The van der Waals surface area contributed by atoms with Gasteiger partial charge in [0.1, 0.15) is 0 Å². The van der Waals surface area contributed by atoms with Crippen LogP contribution in [-0.2, 0) is 0 Å². The molecular formula is C13H23N7. The Bertz CT molecular complexity index is 466. The lowest BCUT2D eigenvalue weighted by atomic mass is 10.2. The molecule has 0 aliphatic rings. The van der Waals surface area contributed by atoms with Crippen molar-refractivity contribution >= 4 is 17.8 Å². The molecular weight excluding hydrogens is 254 g/mol. The number of nitrogens with one attached hydrogen (secondary N) is 1. The summed E-state index contributed by atoms with van der Waals surface area (Å²) in [5.74, 6) is 1.66. The predicted molar refractivity (Wildman–Crippen MR) is 81.0 cm³/mol. The van der Waals surface area contributed by atoms with Gasteiger partial charge >= 0.3 is 0 Å². The summed E-state index contributed by atoms with van der Waals surface area (Å²) in [6.45, 7) is 5.36. The molecule has 0 aromatic carbocycles. The average Bonchev–Trinajstić information content (AvgIpc) is 2.44. The van der Waals surface area contributed by atoms with Crippen LogP contribution in [0.5, 0.6) is 0 Å². The Morgan fingerprint density at radius 1 is 1.20 bits per heavy atom. The highest BCUT2D eigenvalue weighted by atomic mass is 15.3. The smallest absolute Gasteiger partial charge is 0.231 e. The van der Waals surface area contributed by atoms with Crippen LogP contribution in [0.3, 0.4) is 0 Å². The molecule has 1 N–H and O–H groups in total. The summed E-state index contributed by atoms with van der Waals surface area (Å²) in [6, 6.07) is 2.21. The molecule has 1 rings (SSSR count). The largest absolute Gasteiger partial charge is 0.354 e. The van der Waals surface area contributed by atoms with Gasteiger partial charge in [-0.1, -0.05) is 6.92 Å². The van der Waals surface area contributed by atoms with Crippen molar-refractivity contribution in [2.45, 2.75) is 20.3 Å². The average molecular weight is 277 g/mol. The van der Waals surface area contributed by atoms with Gasteiger partial charge in [0.2, 0.25) is 17.8 Å². The highest BCUT2D eigenvalue weighted by Crippen LogP contribution is 2.15. The van der Waals surface area contributed by atoms with Gasteiger partial charge in [-0.05, 0) is 13.3 Å². The van der Waals surface area contributed by atoms with E-state index in [1.165, 1.54) is 0 Å². The number of aromatic nitrogens is 3. The third-order valence-corrected chi connectivity index (χ3v) is 2.65. The fourth-order valence-electron chi connectivity index (χ4n) is 1.57. The third-order valence-electron chi connectivity index (χ3n) is 2.65. The molecule has 110 valence electrons. The molecule has 20 heavy (non-hydrogen) atoms. The molecule has 7 heteroatoms. The first-order valence-corrected chi connectivity index (χ1v) is 6.76. The second-order valence-electron chi connectivity index (χ2n) is 4.99. The highest BCUT2D eigenvalue weighted by Gasteiger charge is 2.13. The van der Waals surface area contributed by atoms with Gasteiger partial charge in [-0.15, -0.1) is 0 Å². The molecule has 0 radical (unpaired) electrons. The number of anilines is 3. The second kappa shape index (κ2) is 7.48. The van der Waals surface area contributed by atoms with Gasteiger partial charge < -0.3 is 15.1 Å². The molecule has 7 nitrogen and oxygen atoms in total. The lowest BCUT2D eigenvalue weighted by molar-refractivity contribution is 0.699. The van der Waals surface area contributed by atoms with Gasteiger partial charge in [0.05, 0.1) is 12.0 Å². The first-order valence-electron chi connectivity index (χ1n) is 6.76. The van der Waals surface area contributed by atoms with E-state index in [0.717, 1.165) is 13.0 Å². The maximum absolute atomic E-state index is 8.89. The van der Waals surface area contributed by atoms with E-state index in [4.69, 9.17) is 5.26 Å². The Morgan fingerprint density at radius 2 is 1.85 bits per heavy atom. The van der Waals surface area contributed by atoms with E-state index >= 15 is 0 Å². The summed E-state index contributed by atoms with van der Waals surface area (Å²) < 4.78 is 0. The maximum atomic E-state index is 8.89. The molecule has 0 fully saturated rings. The minimum atomic E-state index is -0.0772. The third kappa shape index (κ3) is 4.53. The number of nitriles is 1. The van der Waals surface area contributed by atoms with Crippen LogP contribution in [0.2, 0.25) is 0 Å². The highest BCUT2D eigenvalue weighted by molar-refractivity contribution is 5.44. The molecule has 0 saturated carbocycles. The Hall–Kier alpha value is -2.10. The van der Waals surface area contributed by atoms with Crippen LogP contribution in [0.15, 0.2) is 0 Å². The molecule has 0 saturated heterocycles. The molecule has 0 aliphatic heterocycles. The van der Waals surface area contributed by atoms with E-state index in [1.54, 1.807) is 0 Å². The summed E-state index contributed by atoms with van der Waals surface area (Å²) in [7, 11) is 5.66.